The van der Waals surface area contributed by atoms with Gasteiger partial charge in [0.15, 0.2) is 0 Å². The third kappa shape index (κ3) is 0.601. The van der Waals surface area contributed by atoms with Crippen molar-refractivity contribution in [2.24, 2.45) is 10.7 Å². The third-order valence-electron chi connectivity index (χ3n) is 1.54. The smallest absolute Gasteiger partial charge is 0.147 e. The van der Waals surface area contributed by atoms with Crippen LogP contribution in [-0.2, 0) is 0 Å². The molecule has 0 aromatic carbocycles. The van der Waals surface area contributed by atoms with Crippen molar-refractivity contribution in [2.45, 2.75) is 0 Å². The minimum Gasteiger partial charge on any atom is -0.382 e. The third-order valence-corrected chi connectivity index (χ3v) is 1.54. The number of amidine groups is 1. The summed E-state index contributed by atoms with van der Waals surface area (Å²) < 4.78 is 0. The highest BCUT2D eigenvalue weighted by molar-refractivity contribution is 5.97. The molecule has 0 saturated carbocycles. The lowest BCUT2D eigenvalue weighted by atomic mass is 10.4. The van der Waals surface area contributed by atoms with Gasteiger partial charge >= 0.3 is 0 Å². The molecule has 0 unspecified atom stereocenters. The first-order valence-electron chi connectivity index (χ1n) is 3.14. The second-order valence-corrected chi connectivity index (χ2v) is 2.16. The highest BCUT2D eigenvalue weighted by Gasteiger charge is 2.18. The topological polar surface area (TPSA) is 74.5 Å². The first-order chi connectivity index (χ1) is 4.88. The summed E-state index contributed by atoms with van der Waals surface area (Å²) in [5.74, 6) is 1.55. The van der Waals surface area contributed by atoms with E-state index in [0.29, 0.717) is 12.5 Å². The fourth-order valence-electron chi connectivity index (χ4n) is 1.05. The van der Waals surface area contributed by atoms with Crippen LogP contribution in [0.5, 0.6) is 0 Å². The molecule has 0 bridgehead atoms. The van der Waals surface area contributed by atoms with Gasteiger partial charge in [0.05, 0.1) is 6.67 Å². The summed E-state index contributed by atoms with van der Waals surface area (Å²) in [4.78, 5) is 4.00. The van der Waals surface area contributed by atoms with Crippen LogP contribution < -0.4 is 21.7 Å². The van der Waals surface area contributed by atoms with Crippen molar-refractivity contribution < 1.29 is 0 Å². The van der Waals surface area contributed by atoms with Gasteiger partial charge in [0.25, 0.3) is 0 Å². The lowest BCUT2D eigenvalue weighted by Crippen LogP contribution is -2.32. The number of hydrogen-bond acceptors (Lipinski definition) is 5. The van der Waals surface area contributed by atoms with Crippen LogP contribution in [0.3, 0.4) is 0 Å². The van der Waals surface area contributed by atoms with Crippen LogP contribution in [0.4, 0.5) is 0 Å². The maximum Gasteiger partial charge on any atom is 0.147 e. The van der Waals surface area contributed by atoms with E-state index in [-0.39, 0.29) is 0 Å². The molecule has 2 rings (SSSR count). The average molecular weight is 139 g/mol. The van der Waals surface area contributed by atoms with E-state index in [1.165, 1.54) is 0 Å². The number of hydrogen-bond donors (Lipinski definition) is 4. The van der Waals surface area contributed by atoms with Gasteiger partial charge in [-0.1, -0.05) is 0 Å². The second-order valence-electron chi connectivity index (χ2n) is 2.16. The van der Waals surface area contributed by atoms with Gasteiger partial charge in [-0.2, -0.15) is 0 Å². The summed E-state index contributed by atoms with van der Waals surface area (Å²) in [5, 5.41) is 9.19. The van der Waals surface area contributed by atoms with Gasteiger partial charge in [0.2, 0.25) is 0 Å². The molecule has 0 spiro atoms. The summed E-state index contributed by atoms with van der Waals surface area (Å²) in [7, 11) is 0. The number of nitrogens with two attached hydrogens (primary N) is 1. The molecule has 0 radical (unpaired) electrons. The molecule has 2 aliphatic heterocycles. The lowest BCUT2D eigenvalue weighted by molar-refractivity contribution is 0.723. The minimum atomic E-state index is 0.569. The van der Waals surface area contributed by atoms with Crippen LogP contribution >= 0.6 is 0 Å². The van der Waals surface area contributed by atoms with E-state index in [1.54, 1.807) is 0 Å². The van der Waals surface area contributed by atoms with Gasteiger partial charge in [-0.05, 0) is 0 Å². The minimum absolute atomic E-state index is 0.569. The zero-order valence-electron chi connectivity index (χ0n) is 5.44. The summed E-state index contributed by atoms with van der Waals surface area (Å²) in [6, 6.07) is 0. The average Bonchev–Trinajstić information content (AvgIpc) is 2.36. The van der Waals surface area contributed by atoms with Gasteiger partial charge in [-0.3, -0.25) is 0 Å². The van der Waals surface area contributed by atoms with Crippen molar-refractivity contribution in [2.75, 3.05) is 13.3 Å². The van der Waals surface area contributed by atoms with E-state index in [0.717, 1.165) is 18.2 Å². The molecular weight excluding hydrogens is 130 g/mol. The molecule has 2 aliphatic rings. The fraction of sp³-hybridized carbons (Fsp3) is 0.400. The van der Waals surface area contributed by atoms with Gasteiger partial charge in [0, 0.05) is 0 Å². The highest BCUT2D eigenvalue weighted by atomic mass is 15.3. The van der Waals surface area contributed by atoms with Gasteiger partial charge in [-0.25, -0.2) is 4.99 Å². The molecule has 54 valence electrons. The maximum atomic E-state index is 5.57. The monoisotopic (exact) mass is 139 g/mol. The Bertz CT molecular complexity index is 216. The summed E-state index contributed by atoms with van der Waals surface area (Å²) in [5.41, 5.74) is 6.46. The summed E-state index contributed by atoms with van der Waals surface area (Å²) in [6.07, 6.45) is 0. The van der Waals surface area contributed by atoms with Crippen molar-refractivity contribution >= 4 is 5.84 Å². The summed E-state index contributed by atoms with van der Waals surface area (Å²) >= 11 is 0. The Morgan fingerprint density at radius 3 is 3.00 bits per heavy atom. The van der Waals surface area contributed by atoms with Crippen molar-refractivity contribution in [3.05, 3.63) is 11.5 Å². The molecule has 0 aromatic heterocycles. The Hall–Kier alpha value is -1.39. The fourth-order valence-corrected chi connectivity index (χ4v) is 1.05. The molecule has 5 N–H and O–H groups in total. The first kappa shape index (κ1) is 5.40. The lowest BCUT2D eigenvalue weighted by Gasteiger charge is -2.12. The molecule has 0 aliphatic carbocycles. The Kier molecular flexibility index (Phi) is 0.969. The van der Waals surface area contributed by atoms with Crippen molar-refractivity contribution in [3.8, 4) is 0 Å². The molecule has 10 heavy (non-hydrogen) atoms. The van der Waals surface area contributed by atoms with E-state index in [4.69, 9.17) is 5.73 Å². The van der Waals surface area contributed by atoms with E-state index in [2.05, 4.69) is 20.9 Å². The van der Waals surface area contributed by atoms with E-state index < -0.39 is 0 Å². The van der Waals surface area contributed by atoms with E-state index in [9.17, 15) is 0 Å². The van der Waals surface area contributed by atoms with Crippen molar-refractivity contribution in [1.29, 1.82) is 0 Å². The molecule has 5 nitrogen and oxygen atoms in total. The largest absolute Gasteiger partial charge is 0.382 e. The van der Waals surface area contributed by atoms with Crippen LogP contribution in [0.2, 0.25) is 0 Å². The van der Waals surface area contributed by atoms with Crippen LogP contribution in [0.1, 0.15) is 0 Å². The Labute approximate surface area is 58.4 Å². The SMILES string of the molecule is NC1=NCNC2=C1NCN2. The number of aliphatic imine (C=N–C) groups is 1. The van der Waals surface area contributed by atoms with E-state index >= 15 is 0 Å². The normalized spacial score (nSPS) is 22.2. The van der Waals surface area contributed by atoms with Crippen LogP contribution in [-0.4, -0.2) is 19.2 Å². The molecular formula is C5H9N5. The van der Waals surface area contributed by atoms with Crippen molar-refractivity contribution in [3.63, 3.8) is 0 Å². The predicted octanol–water partition coefficient (Wildman–Crippen LogP) is -1.78. The zero-order valence-corrected chi connectivity index (χ0v) is 5.44. The molecule has 0 atom stereocenters. The highest BCUT2D eigenvalue weighted by Crippen LogP contribution is 2.03. The van der Waals surface area contributed by atoms with Gasteiger partial charge in [0.1, 0.15) is 24.0 Å². The number of rotatable bonds is 0. The molecule has 0 amide bonds. The predicted molar refractivity (Wildman–Crippen MR) is 37.8 cm³/mol. The summed E-state index contributed by atoms with van der Waals surface area (Å²) in [6.45, 7) is 1.30. The molecule has 2 heterocycles. The maximum absolute atomic E-state index is 5.57. The van der Waals surface area contributed by atoms with Gasteiger partial charge in [-0.15, -0.1) is 0 Å². The van der Waals surface area contributed by atoms with E-state index in [1.807, 2.05) is 0 Å². The van der Waals surface area contributed by atoms with Crippen LogP contribution in [0, 0.1) is 0 Å². The number of nitrogens with zero attached hydrogens (tertiary/aromatic N) is 1. The zero-order chi connectivity index (χ0) is 6.97. The molecule has 0 saturated heterocycles. The number of nitrogens with one attached hydrogen (secondary N) is 3. The van der Waals surface area contributed by atoms with Crippen LogP contribution in [0.25, 0.3) is 0 Å². The Morgan fingerprint density at radius 2 is 2.20 bits per heavy atom. The quantitative estimate of drug-likeness (QED) is 0.320. The van der Waals surface area contributed by atoms with Crippen LogP contribution in [0.15, 0.2) is 16.5 Å². The van der Waals surface area contributed by atoms with Gasteiger partial charge < -0.3 is 21.7 Å². The standard InChI is InChI=1S/C5H9N5/c6-4-3-5(9-1-7-3)10-2-8-4/h7,9-10H,1-2H2,(H2,6,8). The van der Waals surface area contributed by atoms with Crippen molar-refractivity contribution in [1.82, 2.24) is 16.0 Å². The molecule has 0 fully saturated rings. The first-order valence-corrected chi connectivity index (χ1v) is 3.14. The Balaban J connectivity index is 2.33. The molecule has 0 aromatic rings. The second kappa shape index (κ2) is 1.80. The Morgan fingerprint density at radius 1 is 1.30 bits per heavy atom. The molecule has 5 heteroatoms.